The van der Waals surface area contributed by atoms with Crippen LogP contribution in [0.3, 0.4) is 0 Å². The molecule has 1 aliphatic heterocycles. The average Bonchev–Trinajstić information content (AvgIpc) is 3.06. The Morgan fingerprint density at radius 1 is 1.40 bits per heavy atom. The van der Waals surface area contributed by atoms with E-state index >= 15 is 0 Å². The number of fused-ring (bicyclic) bond motifs is 1. The maximum atomic E-state index is 12.6. The Bertz CT molecular complexity index is 686. The number of nitrogens with one attached hydrogen (secondary N) is 1. The van der Waals surface area contributed by atoms with Gasteiger partial charge in [0.1, 0.15) is 0 Å². The van der Waals surface area contributed by atoms with Gasteiger partial charge < -0.3 is 11.1 Å². The van der Waals surface area contributed by atoms with Gasteiger partial charge in [-0.25, -0.2) is 0 Å². The Kier molecular flexibility index (Phi) is 4.87. The number of anilines is 1. The first-order chi connectivity index (χ1) is 11.8. The molecule has 136 valence electrons. The van der Waals surface area contributed by atoms with Crippen LogP contribution in [0.1, 0.15) is 50.2 Å². The molecule has 0 aromatic heterocycles. The summed E-state index contributed by atoms with van der Waals surface area (Å²) in [5.41, 5.74) is 8.44. The van der Waals surface area contributed by atoms with Gasteiger partial charge in [0.05, 0.1) is 12.0 Å². The lowest BCUT2D eigenvalue weighted by atomic mass is 9.80. The summed E-state index contributed by atoms with van der Waals surface area (Å²) in [6.07, 6.45) is 2.96. The molecule has 1 aromatic carbocycles. The molecule has 3 N–H and O–H groups in total. The molecular formula is C20H29N3O2. The highest BCUT2D eigenvalue weighted by Gasteiger charge is 2.53. The quantitative estimate of drug-likeness (QED) is 0.863. The van der Waals surface area contributed by atoms with Gasteiger partial charge in [-0.1, -0.05) is 38.5 Å². The lowest BCUT2D eigenvalue weighted by molar-refractivity contribution is -0.128. The molecule has 0 spiro atoms. The van der Waals surface area contributed by atoms with Crippen molar-refractivity contribution in [2.24, 2.45) is 17.1 Å². The standard InChI is InChI=1S/C20H29N3O2/c1-13(2)16-8-4-6-14(3)18(16)22-17(24)11-23-10-15-7-5-9-20(15,12-23)19(21)25/h4,6,8,13,15H,5,7,9-12H2,1-3H3,(H2,21,25)(H,22,24)/t15-,20-/m0/s1. The average molecular weight is 343 g/mol. The van der Waals surface area contributed by atoms with Gasteiger partial charge in [-0.15, -0.1) is 0 Å². The SMILES string of the molecule is Cc1cccc(C(C)C)c1NC(=O)CN1C[C@@H]2CCC[C@]2(C(N)=O)C1. The third-order valence-electron chi connectivity index (χ3n) is 5.99. The van der Waals surface area contributed by atoms with Crippen molar-refractivity contribution in [2.75, 3.05) is 25.0 Å². The van der Waals surface area contributed by atoms with Crippen molar-refractivity contribution >= 4 is 17.5 Å². The molecule has 3 rings (SSSR count). The molecule has 5 nitrogen and oxygen atoms in total. The Labute approximate surface area is 150 Å². The van der Waals surface area contributed by atoms with Crippen molar-refractivity contribution in [1.82, 2.24) is 4.90 Å². The van der Waals surface area contributed by atoms with E-state index in [-0.39, 0.29) is 11.8 Å². The van der Waals surface area contributed by atoms with Crippen LogP contribution >= 0.6 is 0 Å². The van der Waals surface area contributed by atoms with E-state index in [1.807, 2.05) is 19.1 Å². The van der Waals surface area contributed by atoms with Crippen LogP contribution in [0.5, 0.6) is 0 Å². The normalized spacial score (nSPS) is 26.0. The number of rotatable bonds is 5. The Hall–Kier alpha value is -1.88. The van der Waals surface area contributed by atoms with Gasteiger partial charge in [-0.3, -0.25) is 14.5 Å². The van der Waals surface area contributed by atoms with Crippen LogP contribution in [0.4, 0.5) is 5.69 Å². The third kappa shape index (κ3) is 3.30. The number of carbonyl (C=O) groups excluding carboxylic acids is 2. The first-order valence-electron chi connectivity index (χ1n) is 9.25. The third-order valence-corrected chi connectivity index (χ3v) is 5.99. The maximum Gasteiger partial charge on any atom is 0.238 e. The van der Waals surface area contributed by atoms with Crippen molar-refractivity contribution < 1.29 is 9.59 Å². The van der Waals surface area contributed by atoms with Gasteiger partial charge in [-0.2, -0.15) is 0 Å². The van der Waals surface area contributed by atoms with Gasteiger partial charge >= 0.3 is 0 Å². The van der Waals surface area contributed by atoms with Crippen LogP contribution < -0.4 is 11.1 Å². The molecule has 1 saturated heterocycles. The molecule has 2 amide bonds. The molecule has 2 aliphatic rings. The number of benzene rings is 1. The van der Waals surface area contributed by atoms with Crippen LogP contribution in [0, 0.1) is 18.3 Å². The zero-order valence-electron chi connectivity index (χ0n) is 15.5. The van der Waals surface area contributed by atoms with Crippen molar-refractivity contribution in [3.63, 3.8) is 0 Å². The van der Waals surface area contributed by atoms with Crippen molar-refractivity contribution in [1.29, 1.82) is 0 Å². The van der Waals surface area contributed by atoms with Crippen molar-refractivity contribution in [3.05, 3.63) is 29.3 Å². The molecule has 1 aromatic rings. The molecular weight excluding hydrogens is 314 g/mol. The molecule has 1 heterocycles. The molecule has 0 unspecified atom stereocenters. The summed E-state index contributed by atoms with van der Waals surface area (Å²) >= 11 is 0. The molecule has 0 bridgehead atoms. The lowest BCUT2D eigenvalue weighted by Gasteiger charge is -2.24. The van der Waals surface area contributed by atoms with Gasteiger partial charge in [0.15, 0.2) is 0 Å². The summed E-state index contributed by atoms with van der Waals surface area (Å²) in [5.74, 6) is 0.441. The van der Waals surface area contributed by atoms with E-state index in [4.69, 9.17) is 5.73 Å². The molecule has 0 radical (unpaired) electrons. The van der Waals surface area contributed by atoms with E-state index in [2.05, 4.69) is 30.1 Å². The van der Waals surface area contributed by atoms with E-state index in [0.29, 0.717) is 24.9 Å². The number of nitrogens with two attached hydrogens (primary N) is 1. The Morgan fingerprint density at radius 3 is 2.80 bits per heavy atom. The smallest absolute Gasteiger partial charge is 0.238 e. The summed E-state index contributed by atoms with van der Waals surface area (Å²) in [5, 5.41) is 3.10. The highest BCUT2D eigenvalue weighted by molar-refractivity contribution is 5.94. The minimum atomic E-state index is -0.411. The van der Waals surface area contributed by atoms with Crippen LogP contribution in [0.2, 0.25) is 0 Å². The number of likely N-dealkylation sites (tertiary alicyclic amines) is 1. The summed E-state index contributed by atoms with van der Waals surface area (Å²) in [6.45, 7) is 8.00. The number of amides is 2. The second-order valence-corrected chi connectivity index (χ2v) is 8.02. The molecule has 5 heteroatoms. The molecule has 1 aliphatic carbocycles. The fraction of sp³-hybridized carbons (Fsp3) is 0.600. The van der Waals surface area contributed by atoms with Gasteiger partial charge in [-0.05, 0) is 42.7 Å². The number of carbonyl (C=O) groups is 2. The van der Waals surface area contributed by atoms with E-state index in [0.717, 1.165) is 42.6 Å². The van der Waals surface area contributed by atoms with Crippen molar-refractivity contribution in [3.8, 4) is 0 Å². The van der Waals surface area contributed by atoms with Gasteiger partial charge in [0.2, 0.25) is 11.8 Å². The Morgan fingerprint density at radius 2 is 2.16 bits per heavy atom. The highest BCUT2D eigenvalue weighted by atomic mass is 16.2. The molecule has 2 fully saturated rings. The van der Waals surface area contributed by atoms with Gasteiger partial charge in [0.25, 0.3) is 0 Å². The zero-order valence-corrected chi connectivity index (χ0v) is 15.5. The fourth-order valence-electron chi connectivity index (χ4n) is 4.64. The minimum absolute atomic E-state index is 0.0178. The summed E-state index contributed by atoms with van der Waals surface area (Å²) in [6, 6.07) is 6.11. The van der Waals surface area contributed by atoms with Crippen LogP contribution in [-0.2, 0) is 9.59 Å². The number of hydrogen-bond donors (Lipinski definition) is 2. The molecule has 2 atom stereocenters. The van der Waals surface area contributed by atoms with E-state index in [1.165, 1.54) is 0 Å². The number of para-hydroxylation sites is 1. The topological polar surface area (TPSA) is 75.4 Å². The lowest BCUT2D eigenvalue weighted by Crippen LogP contribution is -2.41. The van der Waals surface area contributed by atoms with E-state index in [9.17, 15) is 9.59 Å². The first kappa shape index (κ1) is 17.9. The number of hydrogen-bond acceptors (Lipinski definition) is 3. The largest absolute Gasteiger partial charge is 0.369 e. The van der Waals surface area contributed by atoms with Crippen LogP contribution in [-0.4, -0.2) is 36.3 Å². The second kappa shape index (κ2) is 6.79. The van der Waals surface area contributed by atoms with E-state index < -0.39 is 5.41 Å². The van der Waals surface area contributed by atoms with E-state index in [1.54, 1.807) is 0 Å². The zero-order chi connectivity index (χ0) is 18.2. The van der Waals surface area contributed by atoms with Crippen molar-refractivity contribution in [2.45, 2.75) is 46.0 Å². The predicted molar refractivity (Wildman–Crippen MR) is 99.3 cm³/mol. The predicted octanol–water partition coefficient (Wildman–Crippen LogP) is 2.64. The number of aryl methyl sites for hydroxylation is 1. The summed E-state index contributed by atoms with van der Waals surface area (Å²) in [4.78, 5) is 26.7. The number of nitrogens with zero attached hydrogens (tertiary/aromatic N) is 1. The highest BCUT2D eigenvalue weighted by Crippen LogP contribution is 2.48. The molecule has 25 heavy (non-hydrogen) atoms. The Balaban J connectivity index is 1.68. The van der Waals surface area contributed by atoms with Gasteiger partial charge in [0, 0.05) is 18.8 Å². The fourth-order valence-corrected chi connectivity index (χ4v) is 4.64. The first-order valence-corrected chi connectivity index (χ1v) is 9.25. The monoisotopic (exact) mass is 343 g/mol. The number of primary amides is 1. The maximum absolute atomic E-state index is 12.6. The van der Waals surface area contributed by atoms with Crippen LogP contribution in [0.15, 0.2) is 18.2 Å². The minimum Gasteiger partial charge on any atom is -0.369 e. The van der Waals surface area contributed by atoms with Crippen LogP contribution in [0.25, 0.3) is 0 Å². The summed E-state index contributed by atoms with van der Waals surface area (Å²) < 4.78 is 0. The second-order valence-electron chi connectivity index (χ2n) is 8.02. The molecule has 1 saturated carbocycles. The summed E-state index contributed by atoms with van der Waals surface area (Å²) in [7, 11) is 0.